The van der Waals surface area contributed by atoms with Crippen molar-refractivity contribution < 1.29 is 28.2 Å². The molecule has 142 valence electrons. The number of carbonyl (C=O) groups is 3. The van der Waals surface area contributed by atoms with Crippen LogP contribution in [0.15, 0.2) is 48.5 Å². The molecule has 0 saturated carbocycles. The van der Waals surface area contributed by atoms with Crippen LogP contribution in [0, 0.1) is 5.82 Å². The zero-order valence-corrected chi connectivity index (χ0v) is 15.0. The van der Waals surface area contributed by atoms with Gasteiger partial charge in [0, 0.05) is 10.6 Å². The van der Waals surface area contributed by atoms with Crippen LogP contribution in [-0.4, -0.2) is 30.5 Å². The number of ether oxygens (including phenoxy) is 2. The number of carbonyl (C=O) groups excluding carboxylic acids is 3. The van der Waals surface area contributed by atoms with E-state index in [0.29, 0.717) is 5.02 Å². The maximum atomic E-state index is 12.8. The second-order valence-electron chi connectivity index (χ2n) is 5.33. The van der Waals surface area contributed by atoms with Crippen molar-refractivity contribution in [2.24, 2.45) is 0 Å². The van der Waals surface area contributed by atoms with Crippen molar-refractivity contribution >= 4 is 29.4 Å². The first-order chi connectivity index (χ1) is 12.8. The van der Waals surface area contributed by atoms with E-state index in [1.165, 1.54) is 55.5 Å². The summed E-state index contributed by atoms with van der Waals surface area (Å²) in [5.41, 5.74) is 4.58. The van der Waals surface area contributed by atoms with Crippen LogP contribution in [0.5, 0.6) is 5.75 Å². The monoisotopic (exact) mass is 394 g/mol. The molecule has 0 aliphatic heterocycles. The van der Waals surface area contributed by atoms with E-state index in [-0.39, 0.29) is 11.3 Å². The highest BCUT2D eigenvalue weighted by atomic mass is 35.5. The third-order valence-corrected chi connectivity index (χ3v) is 3.48. The van der Waals surface area contributed by atoms with E-state index in [9.17, 15) is 18.8 Å². The smallest absolute Gasteiger partial charge is 0.347 e. The second-order valence-corrected chi connectivity index (χ2v) is 5.77. The first-order valence-electron chi connectivity index (χ1n) is 7.79. The number of hydrogen-bond donors (Lipinski definition) is 2. The van der Waals surface area contributed by atoms with Crippen LogP contribution in [0.3, 0.4) is 0 Å². The number of rotatable bonds is 6. The summed E-state index contributed by atoms with van der Waals surface area (Å²) in [6.45, 7) is 0.808. The summed E-state index contributed by atoms with van der Waals surface area (Å²) in [5.74, 6) is -2.24. The van der Waals surface area contributed by atoms with E-state index in [1.54, 1.807) is 0 Å². The summed E-state index contributed by atoms with van der Waals surface area (Å²) < 4.78 is 22.9. The zero-order valence-electron chi connectivity index (χ0n) is 14.2. The molecule has 1 atom stereocenters. The molecule has 2 amide bonds. The maximum Gasteiger partial charge on any atom is 0.347 e. The standard InChI is InChI=1S/C18H16ClFN2O5/c1-11(27-15-8-6-14(20)7-9-15)18(25)26-10-16(23)21-22-17(24)12-2-4-13(19)5-3-12/h2-9,11H,10H2,1H3,(H,21,23)(H,22,24)/t11-/m1/s1. The number of hydrazine groups is 1. The summed E-state index contributed by atoms with van der Waals surface area (Å²) in [4.78, 5) is 35.3. The molecule has 9 heteroatoms. The number of hydrogen-bond acceptors (Lipinski definition) is 5. The molecular weight excluding hydrogens is 379 g/mol. The Bertz CT molecular complexity index is 812. The summed E-state index contributed by atoms with van der Waals surface area (Å²) >= 11 is 5.72. The van der Waals surface area contributed by atoms with Crippen LogP contribution in [0.4, 0.5) is 4.39 Å². The Morgan fingerprint density at radius 1 is 1.04 bits per heavy atom. The number of esters is 1. The fraction of sp³-hybridized carbons (Fsp3) is 0.167. The average Bonchev–Trinajstić information content (AvgIpc) is 2.66. The van der Waals surface area contributed by atoms with Gasteiger partial charge in [-0.2, -0.15) is 0 Å². The van der Waals surface area contributed by atoms with Crippen LogP contribution in [0.2, 0.25) is 5.02 Å². The van der Waals surface area contributed by atoms with Crippen molar-refractivity contribution in [2.75, 3.05) is 6.61 Å². The fourth-order valence-corrected chi connectivity index (χ4v) is 1.98. The van der Waals surface area contributed by atoms with Crippen LogP contribution in [0.25, 0.3) is 0 Å². The SMILES string of the molecule is C[C@@H](Oc1ccc(F)cc1)C(=O)OCC(=O)NNC(=O)c1ccc(Cl)cc1. The van der Waals surface area contributed by atoms with Gasteiger partial charge in [-0.3, -0.25) is 20.4 Å². The second kappa shape index (κ2) is 9.54. The molecule has 7 nitrogen and oxygen atoms in total. The molecule has 2 rings (SSSR count). The van der Waals surface area contributed by atoms with Gasteiger partial charge >= 0.3 is 5.97 Å². The van der Waals surface area contributed by atoms with Crippen molar-refractivity contribution in [1.29, 1.82) is 0 Å². The largest absolute Gasteiger partial charge is 0.479 e. The van der Waals surface area contributed by atoms with Crippen molar-refractivity contribution in [1.82, 2.24) is 10.9 Å². The Morgan fingerprint density at radius 2 is 1.67 bits per heavy atom. The minimum atomic E-state index is -1.01. The first-order valence-corrected chi connectivity index (χ1v) is 8.16. The highest BCUT2D eigenvalue weighted by Crippen LogP contribution is 2.13. The maximum absolute atomic E-state index is 12.8. The van der Waals surface area contributed by atoms with Gasteiger partial charge in [0.25, 0.3) is 11.8 Å². The lowest BCUT2D eigenvalue weighted by Crippen LogP contribution is -2.44. The van der Waals surface area contributed by atoms with Gasteiger partial charge in [-0.25, -0.2) is 9.18 Å². The molecule has 0 aliphatic carbocycles. The number of amides is 2. The average molecular weight is 395 g/mol. The molecule has 0 spiro atoms. The minimum Gasteiger partial charge on any atom is -0.479 e. The van der Waals surface area contributed by atoms with Gasteiger partial charge < -0.3 is 9.47 Å². The van der Waals surface area contributed by atoms with Gasteiger partial charge in [-0.15, -0.1) is 0 Å². The molecule has 0 saturated heterocycles. The Kier molecular flexibility index (Phi) is 7.13. The van der Waals surface area contributed by atoms with Gasteiger partial charge in [-0.1, -0.05) is 11.6 Å². The van der Waals surface area contributed by atoms with E-state index >= 15 is 0 Å². The third kappa shape index (κ3) is 6.59. The van der Waals surface area contributed by atoms with Crippen LogP contribution >= 0.6 is 11.6 Å². The number of nitrogens with one attached hydrogen (secondary N) is 2. The molecule has 0 radical (unpaired) electrons. The lowest BCUT2D eigenvalue weighted by atomic mass is 10.2. The highest BCUT2D eigenvalue weighted by molar-refractivity contribution is 6.30. The predicted octanol–water partition coefficient (Wildman–Crippen LogP) is 2.25. The molecule has 27 heavy (non-hydrogen) atoms. The lowest BCUT2D eigenvalue weighted by molar-refractivity contribution is -0.154. The van der Waals surface area contributed by atoms with Crippen molar-refractivity contribution in [3.05, 3.63) is 64.9 Å². The molecule has 0 fully saturated rings. The molecule has 0 heterocycles. The van der Waals surface area contributed by atoms with Crippen LogP contribution in [-0.2, 0) is 14.3 Å². The molecule has 2 aromatic carbocycles. The van der Waals surface area contributed by atoms with E-state index in [4.69, 9.17) is 21.1 Å². The van der Waals surface area contributed by atoms with Gasteiger partial charge in [0.05, 0.1) is 0 Å². The topological polar surface area (TPSA) is 93.7 Å². The van der Waals surface area contributed by atoms with Gasteiger partial charge in [0.15, 0.2) is 12.7 Å². The van der Waals surface area contributed by atoms with Crippen molar-refractivity contribution in [2.45, 2.75) is 13.0 Å². The Balaban J connectivity index is 1.72. The Labute approximate surface area is 159 Å². The highest BCUT2D eigenvalue weighted by Gasteiger charge is 2.18. The summed E-state index contributed by atoms with van der Waals surface area (Å²) in [6, 6.07) is 11.1. The summed E-state index contributed by atoms with van der Waals surface area (Å²) in [5, 5.41) is 0.472. The predicted molar refractivity (Wildman–Crippen MR) is 94.5 cm³/mol. The van der Waals surface area contributed by atoms with E-state index in [2.05, 4.69) is 10.9 Å². The first kappa shape index (κ1) is 20.2. The molecule has 2 aromatic rings. The molecule has 2 N–H and O–H groups in total. The Morgan fingerprint density at radius 3 is 2.30 bits per heavy atom. The fourth-order valence-electron chi connectivity index (χ4n) is 1.86. The number of halogens is 2. The van der Waals surface area contributed by atoms with E-state index < -0.39 is 36.3 Å². The number of benzene rings is 2. The Hall–Kier alpha value is -3.13. The summed E-state index contributed by atoms with van der Waals surface area (Å²) in [6.07, 6.45) is -1.01. The third-order valence-electron chi connectivity index (χ3n) is 3.23. The molecule has 0 aromatic heterocycles. The van der Waals surface area contributed by atoms with E-state index in [0.717, 1.165) is 0 Å². The molecule has 0 bridgehead atoms. The van der Waals surface area contributed by atoms with Gasteiger partial charge in [-0.05, 0) is 55.5 Å². The van der Waals surface area contributed by atoms with Crippen molar-refractivity contribution in [3.8, 4) is 5.75 Å². The minimum absolute atomic E-state index is 0.278. The van der Waals surface area contributed by atoms with Gasteiger partial charge in [0.1, 0.15) is 11.6 Å². The molecular formula is C18H16ClFN2O5. The molecule has 0 unspecified atom stereocenters. The molecule has 0 aliphatic rings. The van der Waals surface area contributed by atoms with Gasteiger partial charge in [0.2, 0.25) is 0 Å². The lowest BCUT2D eigenvalue weighted by Gasteiger charge is -2.14. The van der Waals surface area contributed by atoms with Crippen LogP contribution in [0.1, 0.15) is 17.3 Å². The van der Waals surface area contributed by atoms with Crippen molar-refractivity contribution in [3.63, 3.8) is 0 Å². The van der Waals surface area contributed by atoms with E-state index in [1.807, 2.05) is 0 Å². The van der Waals surface area contributed by atoms with Crippen LogP contribution < -0.4 is 15.6 Å². The quantitative estimate of drug-likeness (QED) is 0.579. The normalized spacial score (nSPS) is 11.2. The zero-order chi connectivity index (χ0) is 19.8. The summed E-state index contributed by atoms with van der Waals surface area (Å²) in [7, 11) is 0.